The van der Waals surface area contributed by atoms with Crippen molar-refractivity contribution in [3.8, 4) is 0 Å². The minimum absolute atomic E-state index is 0.0242. The van der Waals surface area contributed by atoms with Crippen LogP contribution in [0, 0.1) is 17.3 Å². The molecule has 3 heterocycles. The highest BCUT2D eigenvalue weighted by Gasteiger charge is 2.45. The maximum atomic E-state index is 12.8. The number of aliphatic hydroxyl groups is 1. The van der Waals surface area contributed by atoms with Crippen LogP contribution in [0.4, 0.5) is 4.79 Å². The first-order valence-electron chi connectivity index (χ1n) is 10.6. The summed E-state index contributed by atoms with van der Waals surface area (Å²) in [6.45, 7) is 10.0. The van der Waals surface area contributed by atoms with Crippen molar-refractivity contribution in [2.24, 2.45) is 22.2 Å². The van der Waals surface area contributed by atoms with Crippen LogP contribution in [0.5, 0.6) is 0 Å². The Hall–Kier alpha value is -2.15. The lowest BCUT2D eigenvalue weighted by molar-refractivity contribution is -0.138. The smallest absolute Gasteiger partial charge is 0.325 e. The van der Waals surface area contributed by atoms with Gasteiger partial charge in [0.1, 0.15) is 11.9 Å². The normalized spacial score (nSPS) is 30.1. The summed E-state index contributed by atoms with van der Waals surface area (Å²) in [6.07, 6.45) is 5.17. The minimum Gasteiger partial charge on any atom is -0.384 e. The molecular weight excluding hydrogens is 368 g/mol. The molecule has 4 rings (SSSR count). The molecule has 3 aliphatic heterocycles. The second kappa shape index (κ2) is 6.97. The number of aliphatic imine (C=N–C) groups is 1. The van der Waals surface area contributed by atoms with Crippen molar-refractivity contribution in [2.75, 3.05) is 26.7 Å². The molecule has 7 heteroatoms. The number of urea groups is 1. The summed E-state index contributed by atoms with van der Waals surface area (Å²) in [5, 5.41) is 9.56. The zero-order valence-corrected chi connectivity index (χ0v) is 18.1. The van der Waals surface area contributed by atoms with Gasteiger partial charge in [0.25, 0.3) is 5.91 Å². The number of likely N-dealkylation sites (N-methyl/N-ethyl adjacent to an activating group) is 1. The molecular formula is C22H32N4O3. The Kier molecular flexibility index (Phi) is 4.84. The molecule has 4 atom stereocenters. The number of nitrogens with zero attached hydrogens (tertiary/aromatic N) is 4. The summed E-state index contributed by atoms with van der Waals surface area (Å²) in [4.78, 5) is 35.1. The summed E-state index contributed by atoms with van der Waals surface area (Å²) in [7, 11) is 1.82. The molecule has 0 saturated carbocycles. The predicted molar refractivity (Wildman–Crippen MR) is 111 cm³/mol. The standard InChI is InChI=1S/C22H32N4O3/c1-13(27)20(28)25-10-15-8-14(9-16(15)11-25)17-6-7-18-19(23-17)24(5)21(29)26(18)12-22(2,3)4/h6,8,13,15-16,18,27H,7,9-12H2,1-5H3/t13-,15?,16?,18?/m0/s1. The van der Waals surface area contributed by atoms with Gasteiger partial charge in [-0.15, -0.1) is 0 Å². The number of likely N-dealkylation sites (tertiary alicyclic amines) is 1. The quantitative estimate of drug-likeness (QED) is 0.789. The van der Waals surface area contributed by atoms with Crippen molar-refractivity contribution >= 4 is 17.8 Å². The summed E-state index contributed by atoms with van der Waals surface area (Å²) in [5.41, 5.74) is 2.25. The molecule has 158 valence electrons. The lowest BCUT2D eigenvalue weighted by atomic mass is 9.94. The molecule has 0 spiro atoms. The van der Waals surface area contributed by atoms with Crippen molar-refractivity contribution in [1.82, 2.24) is 14.7 Å². The number of amides is 3. The van der Waals surface area contributed by atoms with Crippen molar-refractivity contribution < 1.29 is 14.7 Å². The fourth-order valence-corrected chi connectivity index (χ4v) is 5.00. The molecule has 0 bridgehead atoms. The molecule has 0 radical (unpaired) electrons. The zero-order valence-electron chi connectivity index (χ0n) is 18.1. The summed E-state index contributed by atoms with van der Waals surface area (Å²) >= 11 is 0. The summed E-state index contributed by atoms with van der Waals surface area (Å²) in [5.74, 6) is 1.39. The zero-order chi connectivity index (χ0) is 21.1. The van der Waals surface area contributed by atoms with E-state index < -0.39 is 6.10 Å². The Morgan fingerprint density at radius 1 is 1.34 bits per heavy atom. The first kappa shape index (κ1) is 20.1. The van der Waals surface area contributed by atoms with Gasteiger partial charge in [-0.3, -0.25) is 9.69 Å². The number of hydrogen-bond donors (Lipinski definition) is 1. The fraction of sp³-hybridized carbons (Fsp3) is 0.682. The lowest BCUT2D eigenvalue weighted by Crippen LogP contribution is -2.41. The first-order valence-corrected chi connectivity index (χ1v) is 10.6. The van der Waals surface area contributed by atoms with Gasteiger partial charge in [0.05, 0.1) is 11.7 Å². The van der Waals surface area contributed by atoms with E-state index in [1.807, 2.05) is 11.9 Å². The van der Waals surface area contributed by atoms with Crippen LogP contribution in [0.2, 0.25) is 0 Å². The second-order valence-electron chi connectivity index (χ2n) is 10.1. The molecule has 3 unspecified atom stereocenters. The average Bonchev–Trinajstić information content (AvgIpc) is 3.27. The number of carbonyl (C=O) groups is 2. The third-order valence-electron chi connectivity index (χ3n) is 6.35. The van der Waals surface area contributed by atoms with E-state index in [9.17, 15) is 14.7 Å². The van der Waals surface area contributed by atoms with Crippen molar-refractivity contribution in [1.29, 1.82) is 0 Å². The largest absolute Gasteiger partial charge is 0.384 e. The summed E-state index contributed by atoms with van der Waals surface area (Å²) < 4.78 is 0. The third kappa shape index (κ3) is 3.61. The van der Waals surface area contributed by atoms with Crippen molar-refractivity contribution in [3.05, 3.63) is 23.4 Å². The highest BCUT2D eigenvalue weighted by molar-refractivity contribution is 6.07. The number of amidine groups is 1. The Bertz CT molecular complexity index is 820. The van der Waals surface area contributed by atoms with E-state index in [-0.39, 0.29) is 23.4 Å². The summed E-state index contributed by atoms with van der Waals surface area (Å²) in [6, 6.07) is 0.0546. The van der Waals surface area contributed by atoms with Gasteiger partial charge < -0.3 is 14.9 Å². The van der Waals surface area contributed by atoms with Crippen LogP contribution < -0.4 is 0 Å². The molecule has 2 saturated heterocycles. The molecule has 7 nitrogen and oxygen atoms in total. The van der Waals surface area contributed by atoms with Crippen LogP contribution >= 0.6 is 0 Å². The van der Waals surface area contributed by atoms with Crippen molar-refractivity contribution in [3.63, 3.8) is 0 Å². The van der Waals surface area contributed by atoms with E-state index in [1.165, 1.54) is 12.5 Å². The van der Waals surface area contributed by atoms with Crippen LogP contribution in [0.3, 0.4) is 0 Å². The Morgan fingerprint density at radius 3 is 2.69 bits per heavy atom. The van der Waals surface area contributed by atoms with E-state index in [0.717, 1.165) is 24.4 Å². The van der Waals surface area contributed by atoms with Crippen LogP contribution in [0.1, 0.15) is 40.5 Å². The monoisotopic (exact) mass is 400 g/mol. The highest BCUT2D eigenvalue weighted by Crippen LogP contribution is 2.41. The highest BCUT2D eigenvalue weighted by atomic mass is 16.3. The molecule has 0 aromatic rings. The molecule has 29 heavy (non-hydrogen) atoms. The van der Waals surface area contributed by atoms with E-state index in [1.54, 1.807) is 9.80 Å². The van der Waals surface area contributed by atoms with E-state index in [0.29, 0.717) is 31.5 Å². The molecule has 0 aromatic heterocycles. The molecule has 4 aliphatic rings. The van der Waals surface area contributed by atoms with Crippen LogP contribution in [0.15, 0.2) is 28.4 Å². The Balaban J connectivity index is 1.48. The molecule has 2 fully saturated rings. The molecule has 0 aromatic carbocycles. The van der Waals surface area contributed by atoms with Gasteiger partial charge in [0.15, 0.2) is 0 Å². The van der Waals surface area contributed by atoms with Gasteiger partial charge in [-0.25, -0.2) is 9.79 Å². The number of aliphatic hydroxyl groups excluding tert-OH is 1. The number of rotatable bonds is 3. The number of carbonyl (C=O) groups excluding carboxylic acids is 2. The fourth-order valence-electron chi connectivity index (χ4n) is 5.00. The number of hydrogen-bond acceptors (Lipinski definition) is 4. The third-order valence-corrected chi connectivity index (χ3v) is 6.35. The predicted octanol–water partition coefficient (Wildman–Crippen LogP) is 2.24. The molecule has 3 amide bonds. The topological polar surface area (TPSA) is 76.5 Å². The van der Waals surface area contributed by atoms with E-state index >= 15 is 0 Å². The average molecular weight is 401 g/mol. The van der Waals surface area contributed by atoms with Gasteiger partial charge in [-0.1, -0.05) is 32.9 Å². The van der Waals surface area contributed by atoms with Crippen LogP contribution in [-0.4, -0.2) is 76.4 Å². The SMILES string of the molecule is C[C@H](O)C(=O)N1CC2C=C(C3=CCC4C(=N3)N(C)C(=O)N4CC(C)(C)C)CC2C1. The maximum absolute atomic E-state index is 12.8. The van der Waals surface area contributed by atoms with Crippen LogP contribution in [-0.2, 0) is 4.79 Å². The Labute approximate surface area is 172 Å². The number of fused-ring (bicyclic) bond motifs is 2. The maximum Gasteiger partial charge on any atom is 0.325 e. The van der Waals surface area contributed by atoms with Crippen molar-refractivity contribution in [2.45, 2.75) is 52.7 Å². The van der Waals surface area contributed by atoms with E-state index in [2.05, 4.69) is 32.9 Å². The van der Waals surface area contributed by atoms with Crippen LogP contribution in [0.25, 0.3) is 0 Å². The van der Waals surface area contributed by atoms with Gasteiger partial charge in [-0.2, -0.15) is 0 Å². The second-order valence-corrected chi connectivity index (χ2v) is 10.1. The molecule has 1 N–H and O–H groups in total. The molecule has 1 aliphatic carbocycles. The number of allylic oxidation sites excluding steroid dienone is 1. The van der Waals surface area contributed by atoms with Gasteiger partial charge in [0, 0.05) is 26.7 Å². The minimum atomic E-state index is -0.937. The Morgan fingerprint density at radius 2 is 2.07 bits per heavy atom. The van der Waals surface area contributed by atoms with E-state index in [4.69, 9.17) is 4.99 Å². The van der Waals surface area contributed by atoms with Gasteiger partial charge in [0.2, 0.25) is 0 Å². The first-order chi connectivity index (χ1) is 13.5. The van der Waals surface area contributed by atoms with Gasteiger partial charge in [-0.05, 0) is 42.6 Å². The lowest BCUT2D eigenvalue weighted by Gasteiger charge is -2.30. The van der Waals surface area contributed by atoms with Gasteiger partial charge >= 0.3 is 6.03 Å².